The van der Waals surface area contributed by atoms with Crippen molar-refractivity contribution < 1.29 is 19.0 Å². The van der Waals surface area contributed by atoms with E-state index in [0.29, 0.717) is 23.1 Å². The van der Waals surface area contributed by atoms with Crippen LogP contribution in [-0.4, -0.2) is 31.3 Å². The summed E-state index contributed by atoms with van der Waals surface area (Å²) in [7, 11) is 1.33. The van der Waals surface area contributed by atoms with Gasteiger partial charge in [-0.15, -0.1) is 0 Å². The number of aryl methyl sites for hydroxylation is 1. The van der Waals surface area contributed by atoms with Gasteiger partial charge in [0.2, 0.25) is 0 Å². The highest BCUT2D eigenvalue weighted by atomic mass is 35.5. The minimum atomic E-state index is -0.433. The number of esters is 1. The van der Waals surface area contributed by atoms with Crippen LogP contribution in [0.5, 0.6) is 11.5 Å². The lowest BCUT2D eigenvalue weighted by Gasteiger charge is -2.12. The Morgan fingerprint density at radius 3 is 2.32 bits per heavy atom. The second-order valence-electron chi connectivity index (χ2n) is 8.27. The van der Waals surface area contributed by atoms with Crippen molar-refractivity contribution in [1.82, 2.24) is 4.98 Å². The quantitative estimate of drug-likeness (QED) is 0.195. The summed E-state index contributed by atoms with van der Waals surface area (Å²) in [6.45, 7) is 2.10. The number of rotatable bonds is 8. The van der Waals surface area contributed by atoms with Crippen LogP contribution in [0.25, 0.3) is 5.57 Å². The van der Waals surface area contributed by atoms with Crippen molar-refractivity contribution in [3.63, 3.8) is 0 Å². The average molecular weight is 524 g/mol. The lowest BCUT2D eigenvalue weighted by Crippen LogP contribution is -2.13. The van der Waals surface area contributed by atoms with Crippen molar-refractivity contribution in [2.75, 3.05) is 20.3 Å². The molecule has 3 aromatic carbocycles. The van der Waals surface area contributed by atoms with Crippen molar-refractivity contribution in [2.45, 2.75) is 6.92 Å². The van der Waals surface area contributed by atoms with Crippen molar-refractivity contribution >= 4 is 23.1 Å². The van der Waals surface area contributed by atoms with Crippen LogP contribution in [0, 0.1) is 18.8 Å². The Hall–Kier alpha value is -4.53. The Morgan fingerprint density at radius 2 is 1.66 bits per heavy atom. The molecule has 0 aliphatic heterocycles. The van der Waals surface area contributed by atoms with E-state index in [1.807, 2.05) is 91.9 Å². The van der Waals surface area contributed by atoms with Crippen LogP contribution in [0.15, 0.2) is 97.2 Å². The second-order valence-corrected chi connectivity index (χ2v) is 8.71. The van der Waals surface area contributed by atoms with Crippen molar-refractivity contribution in [2.24, 2.45) is 0 Å². The van der Waals surface area contributed by atoms with E-state index in [9.17, 15) is 4.79 Å². The van der Waals surface area contributed by atoms with Gasteiger partial charge in [-0.25, -0.2) is 9.78 Å². The molecule has 0 spiro atoms. The first-order chi connectivity index (χ1) is 18.5. The molecule has 5 nitrogen and oxygen atoms in total. The van der Waals surface area contributed by atoms with Crippen LogP contribution < -0.4 is 9.47 Å². The van der Waals surface area contributed by atoms with E-state index in [0.717, 1.165) is 33.5 Å². The molecule has 0 saturated carbocycles. The van der Waals surface area contributed by atoms with Crippen molar-refractivity contribution in [1.29, 1.82) is 0 Å². The van der Waals surface area contributed by atoms with E-state index in [2.05, 4.69) is 21.6 Å². The predicted molar refractivity (Wildman–Crippen MR) is 149 cm³/mol. The van der Waals surface area contributed by atoms with Crippen molar-refractivity contribution in [3.8, 4) is 23.3 Å². The van der Waals surface area contributed by atoms with Gasteiger partial charge in [-0.1, -0.05) is 47.9 Å². The number of carbonyl (C=O) groups excluding carboxylic acids is 1. The third-order valence-electron chi connectivity index (χ3n) is 5.61. The highest BCUT2D eigenvalue weighted by Gasteiger charge is 2.08. The highest BCUT2D eigenvalue weighted by molar-refractivity contribution is 6.30. The molecule has 0 amide bonds. The van der Waals surface area contributed by atoms with Crippen LogP contribution in [0.3, 0.4) is 0 Å². The van der Waals surface area contributed by atoms with Gasteiger partial charge in [0.15, 0.2) is 6.61 Å². The summed E-state index contributed by atoms with van der Waals surface area (Å²) in [5, 5.41) is 0.675. The molecule has 1 aromatic heterocycles. The minimum Gasteiger partial charge on any atom is -0.489 e. The number of ether oxygens (including phenoxy) is 3. The lowest BCUT2D eigenvalue weighted by atomic mass is 9.97. The third kappa shape index (κ3) is 7.49. The molecule has 4 rings (SSSR count). The average Bonchev–Trinajstić information content (AvgIpc) is 2.95. The Bertz CT molecular complexity index is 1470. The molecule has 0 aliphatic rings. The van der Waals surface area contributed by atoms with E-state index in [1.54, 1.807) is 12.3 Å². The fourth-order valence-electron chi connectivity index (χ4n) is 3.63. The van der Waals surface area contributed by atoms with Crippen LogP contribution in [0.2, 0.25) is 5.02 Å². The molecule has 0 radical (unpaired) electrons. The van der Waals surface area contributed by atoms with Crippen molar-refractivity contribution in [3.05, 3.63) is 130 Å². The first kappa shape index (κ1) is 26.5. The number of nitrogens with zero attached hydrogens (tertiary/aromatic N) is 1. The zero-order chi connectivity index (χ0) is 26.7. The maximum atomic E-state index is 11.3. The Labute approximate surface area is 227 Å². The van der Waals surface area contributed by atoms with E-state index < -0.39 is 5.97 Å². The topological polar surface area (TPSA) is 57.7 Å². The fourth-order valence-corrected chi connectivity index (χ4v) is 3.75. The zero-order valence-electron chi connectivity index (χ0n) is 21.1. The van der Waals surface area contributed by atoms with Gasteiger partial charge < -0.3 is 14.2 Å². The summed E-state index contributed by atoms with van der Waals surface area (Å²) < 4.78 is 16.1. The van der Waals surface area contributed by atoms with Gasteiger partial charge >= 0.3 is 5.97 Å². The number of hydrogen-bond donors (Lipinski definition) is 0. The standard InChI is InChI=1S/C32H26ClNO4/c1-23-21-29(16-17-31(23)38-22-32(35)36-2)37-20-18-30(26-11-13-27(33)14-12-26)25-9-6-24(7-10-25)8-15-28-5-3-4-19-34-28/h3-7,9-14,16-19,21H,20,22H2,1-2H3. The number of hydrogen-bond acceptors (Lipinski definition) is 5. The molecule has 0 aliphatic carbocycles. The summed E-state index contributed by atoms with van der Waals surface area (Å²) in [5.74, 6) is 7.10. The Kier molecular flexibility index (Phi) is 9.17. The first-order valence-electron chi connectivity index (χ1n) is 11.9. The number of halogens is 1. The van der Waals surface area contributed by atoms with E-state index in [1.165, 1.54) is 7.11 Å². The van der Waals surface area contributed by atoms with E-state index in [4.69, 9.17) is 21.1 Å². The van der Waals surface area contributed by atoms with Gasteiger partial charge in [0.25, 0.3) is 0 Å². The van der Waals surface area contributed by atoms with Crippen LogP contribution in [-0.2, 0) is 9.53 Å². The summed E-state index contributed by atoms with van der Waals surface area (Å²) in [5.41, 5.74) is 5.55. The minimum absolute atomic E-state index is 0.141. The smallest absolute Gasteiger partial charge is 0.343 e. The van der Waals surface area contributed by atoms with Gasteiger partial charge in [-0.3, -0.25) is 0 Å². The molecule has 190 valence electrons. The predicted octanol–water partition coefficient (Wildman–Crippen LogP) is 6.51. The van der Waals surface area contributed by atoms with Gasteiger partial charge in [0.1, 0.15) is 23.8 Å². The van der Waals surface area contributed by atoms with Crippen LogP contribution >= 0.6 is 11.6 Å². The second kappa shape index (κ2) is 13.1. The monoisotopic (exact) mass is 523 g/mol. The number of benzene rings is 3. The SMILES string of the molecule is COC(=O)COc1ccc(OCC=C(c2ccc(Cl)cc2)c2ccc(C#Cc3ccccn3)cc2)cc1C. The zero-order valence-corrected chi connectivity index (χ0v) is 21.9. The molecule has 0 bridgehead atoms. The molecule has 0 unspecified atom stereocenters. The summed E-state index contributed by atoms with van der Waals surface area (Å²) in [6, 6.07) is 26.9. The van der Waals surface area contributed by atoms with Crippen LogP contribution in [0.4, 0.5) is 0 Å². The van der Waals surface area contributed by atoms with Gasteiger partial charge in [-0.2, -0.15) is 0 Å². The molecule has 0 saturated heterocycles. The first-order valence-corrected chi connectivity index (χ1v) is 12.3. The molecule has 4 aromatic rings. The van der Waals surface area contributed by atoms with Gasteiger partial charge in [-0.05, 0) is 95.8 Å². The molecule has 0 atom stereocenters. The molecule has 38 heavy (non-hydrogen) atoms. The van der Waals surface area contributed by atoms with Crippen LogP contribution in [0.1, 0.15) is 27.9 Å². The number of aromatic nitrogens is 1. The largest absolute Gasteiger partial charge is 0.489 e. The highest BCUT2D eigenvalue weighted by Crippen LogP contribution is 2.27. The number of pyridine rings is 1. The summed E-state index contributed by atoms with van der Waals surface area (Å²) >= 11 is 6.13. The maximum Gasteiger partial charge on any atom is 0.343 e. The third-order valence-corrected chi connectivity index (χ3v) is 5.86. The molecule has 1 heterocycles. The molecular weight excluding hydrogens is 498 g/mol. The molecule has 6 heteroatoms. The fraction of sp³-hybridized carbons (Fsp3) is 0.125. The maximum absolute atomic E-state index is 11.3. The van der Waals surface area contributed by atoms with Gasteiger partial charge in [0.05, 0.1) is 7.11 Å². The van der Waals surface area contributed by atoms with Gasteiger partial charge in [0, 0.05) is 16.8 Å². The van der Waals surface area contributed by atoms with E-state index in [-0.39, 0.29) is 6.61 Å². The Morgan fingerprint density at radius 1 is 0.921 bits per heavy atom. The number of methoxy groups -OCH3 is 1. The summed E-state index contributed by atoms with van der Waals surface area (Å²) in [6.07, 6.45) is 3.77. The lowest BCUT2D eigenvalue weighted by molar-refractivity contribution is -0.142. The van der Waals surface area contributed by atoms with E-state index >= 15 is 0 Å². The molecule has 0 N–H and O–H groups in total. The summed E-state index contributed by atoms with van der Waals surface area (Å²) in [4.78, 5) is 15.6. The normalized spacial score (nSPS) is 10.8. The molecular formula is C32H26ClNO4. The number of carbonyl (C=O) groups is 1. The molecule has 0 fully saturated rings. The Balaban J connectivity index is 1.50.